The molecule has 27 heteroatoms. The van der Waals surface area contributed by atoms with Crippen molar-refractivity contribution in [2.24, 2.45) is 0 Å². The lowest BCUT2D eigenvalue weighted by Gasteiger charge is -2.25. The van der Waals surface area contributed by atoms with Gasteiger partial charge in [0.05, 0.1) is 42.4 Å². The second-order valence-electron chi connectivity index (χ2n) is 30.0. The predicted octanol–water partition coefficient (Wildman–Crippen LogP) is 17.5. The number of carbonyl (C=O) groups is 5. The van der Waals surface area contributed by atoms with E-state index in [1.807, 2.05) is 223 Å². The molecule has 27 nitrogen and oxygen atoms in total. The highest BCUT2D eigenvalue weighted by Gasteiger charge is 2.28. The number of nitriles is 1. The number of terminal acetylenes is 3. The summed E-state index contributed by atoms with van der Waals surface area (Å²) in [6.45, 7) is 9.47. The largest absolute Gasteiger partial charge is 0.367 e. The van der Waals surface area contributed by atoms with Crippen LogP contribution in [0.1, 0.15) is 117 Å². The minimum Gasteiger partial charge on any atom is -0.367 e. The number of hydrogen-bond acceptors (Lipinski definition) is 22. The zero-order valence-corrected chi connectivity index (χ0v) is 72.6. The molecule has 0 fully saturated rings. The minimum absolute atomic E-state index is 0.0526. The molecule has 3 unspecified atom stereocenters. The third-order valence-electron chi connectivity index (χ3n) is 20.6. The number of hydrogen-bond donors (Lipinski definition) is 5. The molecule has 17 rings (SSSR count). The lowest BCUT2D eigenvalue weighted by molar-refractivity contribution is -0.121. The molecule has 10 aromatic heterocycles. The van der Waals surface area contributed by atoms with Gasteiger partial charge < -0.3 is 31.3 Å². The van der Waals surface area contributed by atoms with Crippen LogP contribution in [0.3, 0.4) is 0 Å². The van der Waals surface area contributed by atoms with Crippen LogP contribution in [0, 0.1) is 69.1 Å². The summed E-state index contributed by atoms with van der Waals surface area (Å²) in [5, 5.41) is 25.4. The van der Waals surface area contributed by atoms with Crippen molar-refractivity contribution in [2.45, 2.75) is 84.7 Å². The fourth-order valence-electron chi connectivity index (χ4n) is 13.4. The second-order valence-corrected chi connectivity index (χ2v) is 30.0. The van der Waals surface area contributed by atoms with Gasteiger partial charge in [-0.25, -0.2) is 49.8 Å². The number of nitrogens with one attached hydrogen (secondary N) is 5. The summed E-state index contributed by atoms with van der Waals surface area (Å²) in [5.74, 6) is 10.7. The van der Waals surface area contributed by atoms with Crippen LogP contribution in [0.2, 0.25) is 0 Å². The van der Waals surface area contributed by atoms with Gasteiger partial charge in [0.15, 0.2) is 29.1 Å². The van der Waals surface area contributed by atoms with Gasteiger partial charge in [0.1, 0.15) is 64.2 Å². The van der Waals surface area contributed by atoms with Gasteiger partial charge in [-0.15, -0.1) is 19.3 Å². The second kappa shape index (κ2) is 45.9. The van der Waals surface area contributed by atoms with E-state index in [1.54, 1.807) is 104 Å². The summed E-state index contributed by atoms with van der Waals surface area (Å²) >= 11 is 0. The summed E-state index contributed by atoms with van der Waals surface area (Å²) in [6, 6.07) is 74.7. The van der Waals surface area contributed by atoms with Crippen LogP contribution in [0.15, 0.2) is 299 Å². The first-order valence-corrected chi connectivity index (χ1v) is 41.9. The molecule has 648 valence electrons. The number of anilines is 5. The highest BCUT2D eigenvalue weighted by Crippen LogP contribution is 2.34. The number of carbonyl (C=O) groups excluding carboxylic acids is 5. The molecule has 0 bridgehead atoms. The third-order valence-corrected chi connectivity index (χ3v) is 20.6. The Kier molecular flexibility index (Phi) is 32.0. The number of rotatable bonds is 21. The van der Waals surface area contributed by atoms with Crippen LogP contribution in [-0.2, 0) is 48.2 Å². The Bertz CT molecular complexity index is 6900. The van der Waals surface area contributed by atoms with Gasteiger partial charge in [-0.3, -0.25) is 48.9 Å². The Morgan fingerprint density at radius 3 is 1.29 bits per heavy atom. The number of benzene rings is 6. The molecule has 1 aliphatic carbocycles. The molecule has 5 N–H and O–H groups in total. The van der Waals surface area contributed by atoms with Gasteiger partial charge in [-0.05, 0) is 219 Å². The van der Waals surface area contributed by atoms with Crippen molar-refractivity contribution < 1.29 is 28.7 Å². The molecule has 1 aliphatic rings. The molecule has 0 saturated carbocycles. The Morgan fingerprint density at radius 1 is 0.402 bits per heavy atom. The maximum Gasteiger partial charge on any atom is 0.251 e. The first-order chi connectivity index (χ1) is 64.3. The zero-order valence-electron chi connectivity index (χ0n) is 72.6. The molecular formula is C105H87N21O6. The summed E-state index contributed by atoms with van der Waals surface area (Å²) in [4.78, 5) is 127. The molecule has 0 spiro atoms. The lowest BCUT2D eigenvalue weighted by atomic mass is 9.81. The van der Waals surface area contributed by atoms with E-state index in [-0.39, 0.29) is 60.3 Å². The number of aryl methyl sites for hydroxylation is 4. The van der Waals surface area contributed by atoms with Crippen molar-refractivity contribution in [3.8, 4) is 101 Å². The number of ether oxygens (including phenoxy) is 1. The summed E-state index contributed by atoms with van der Waals surface area (Å²) < 4.78 is 5.42. The Labute approximate surface area is 763 Å². The standard InChI is InChI=1S/C23H20N4O.C22H18N4O.C20H17N5O.C20H16N4O2.C20H16N4O/c1-3-16-10-11-18-17(13-16)7-6-8-19(18)23(28)27-21-15(2)14-25-22(26-21)20-9-4-5-12-24-20;1-15-14-24-22(19-8-4-5-11-23-19)26-21(15)25-20(27)13-16-9-10-17-6-2-3-7-18(17)12-16;1-13-12-23-19(17-5-3-4-10-22-17)24-18(13)25-20(26)14(2)16-8-6-15(11-21)7-9-16;1-2-15-6-8-16(9-7-15)13-26-14-19(25)23-18-10-12-22-20(24-18)17-5-3-4-11-21-17;1-3-15-7-9-16(10-8-15)14(2)20(25)24-18-11-13-22-19(23-18)17-6-4-5-12-21-17/h1,4-5,9-14,19H,6-8H2,2H3,(H,25,26,27,28);2-12,14H,13H2,1H3,(H,24,25,26,27);3-10,12,14H,1-2H3,(H,23,24,25,26);1,3-12H,13-14H2,(H,22,23,24,25);1,4-14H,2H3,(H,22,23,24,25). The van der Waals surface area contributed by atoms with Gasteiger partial charge in [0.2, 0.25) is 23.6 Å². The van der Waals surface area contributed by atoms with E-state index in [4.69, 9.17) is 29.3 Å². The predicted molar refractivity (Wildman–Crippen MR) is 508 cm³/mol. The fraction of sp³-hybridized carbons (Fsp3) is 0.133. The molecule has 0 aliphatic heterocycles. The van der Waals surface area contributed by atoms with Crippen molar-refractivity contribution >= 4 is 69.4 Å². The third kappa shape index (κ3) is 25.7. The summed E-state index contributed by atoms with van der Waals surface area (Å²) in [7, 11) is 0. The van der Waals surface area contributed by atoms with Crippen molar-refractivity contribution in [1.29, 1.82) is 5.26 Å². The van der Waals surface area contributed by atoms with Crippen LogP contribution >= 0.6 is 0 Å². The first-order valence-electron chi connectivity index (χ1n) is 41.9. The number of pyridine rings is 5. The average Bonchev–Trinajstić information content (AvgIpc) is 0.812. The van der Waals surface area contributed by atoms with E-state index in [0.717, 1.165) is 96.8 Å². The average molecular weight is 1740 g/mol. The fourth-order valence-corrected chi connectivity index (χ4v) is 13.4. The van der Waals surface area contributed by atoms with Gasteiger partial charge in [0, 0.05) is 95.3 Å². The number of nitrogens with zero attached hydrogens (tertiary/aromatic N) is 16. The maximum absolute atomic E-state index is 13.1. The van der Waals surface area contributed by atoms with Gasteiger partial charge >= 0.3 is 0 Å². The molecule has 132 heavy (non-hydrogen) atoms. The highest BCUT2D eigenvalue weighted by atomic mass is 16.5. The number of amides is 5. The van der Waals surface area contributed by atoms with Crippen molar-refractivity contribution in [1.82, 2.24) is 74.8 Å². The topological polar surface area (TPSA) is 372 Å². The van der Waals surface area contributed by atoms with Crippen molar-refractivity contribution in [3.05, 3.63) is 371 Å². The van der Waals surface area contributed by atoms with Gasteiger partial charge in [-0.2, -0.15) is 5.26 Å². The highest BCUT2D eigenvalue weighted by molar-refractivity contribution is 5.98. The lowest BCUT2D eigenvalue weighted by Crippen LogP contribution is -2.25. The smallest absolute Gasteiger partial charge is 0.251 e. The maximum atomic E-state index is 13.1. The van der Waals surface area contributed by atoms with Gasteiger partial charge in [0.25, 0.3) is 5.91 Å². The van der Waals surface area contributed by atoms with E-state index in [0.29, 0.717) is 98.9 Å². The van der Waals surface area contributed by atoms with E-state index in [2.05, 4.69) is 131 Å². The minimum atomic E-state index is -0.379. The normalized spacial score (nSPS) is 11.8. The molecule has 5 amide bonds. The number of fused-ring (bicyclic) bond motifs is 2. The Hall–Kier alpha value is -17.8. The van der Waals surface area contributed by atoms with Crippen molar-refractivity contribution in [2.75, 3.05) is 33.2 Å². The van der Waals surface area contributed by atoms with Crippen LogP contribution < -0.4 is 26.6 Å². The SMILES string of the molecule is C#Cc1ccc(C(C)C(=O)Nc2ccnc(-c3ccccn3)n2)cc1.C#Cc1ccc(COCC(=O)Nc2ccnc(-c3ccccn3)n2)cc1.C#Cc1ccc2c(c1)CCCC2C(=O)Nc1nc(-c2ccccn2)ncc1C.Cc1cnc(-c2ccccn2)nc1NC(=O)C(C)c1ccc(C#N)cc1.Cc1cnc(-c2ccccn2)nc1NC(=O)Cc1ccc2ccccc2c1. The molecular weight excluding hydrogens is 1650 g/mol. The van der Waals surface area contributed by atoms with Crippen LogP contribution in [0.25, 0.3) is 68.4 Å². The van der Waals surface area contributed by atoms with Crippen molar-refractivity contribution in [3.63, 3.8) is 0 Å². The van der Waals surface area contributed by atoms with Crippen LogP contribution in [-0.4, -0.2) is 111 Å². The molecule has 10 heterocycles. The van der Waals surface area contributed by atoms with Crippen LogP contribution in [0.4, 0.5) is 29.1 Å². The van der Waals surface area contributed by atoms with Crippen LogP contribution in [0.5, 0.6) is 0 Å². The molecule has 0 saturated heterocycles. The van der Waals surface area contributed by atoms with E-state index < -0.39 is 0 Å². The monoisotopic (exact) mass is 1740 g/mol. The summed E-state index contributed by atoms with van der Waals surface area (Å²) in [5.41, 5.74) is 14.5. The Balaban J connectivity index is 0.000000140. The quantitative estimate of drug-likeness (QED) is 0.0417. The number of aromatic nitrogens is 15. The molecule has 6 aromatic carbocycles. The Morgan fingerprint density at radius 2 is 0.818 bits per heavy atom. The van der Waals surface area contributed by atoms with Gasteiger partial charge in [-0.1, -0.05) is 133 Å². The zero-order chi connectivity index (χ0) is 92.5. The van der Waals surface area contributed by atoms with E-state index in [9.17, 15) is 24.0 Å². The molecule has 3 atom stereocenters. The first kappa shape index (κ1) is 91.9. The van der Waals surface area contributed by atoms with E-state index >= 15 is 0 Å². The summed E-state index contributed by atoms with van der Waals surface area (Å²) in [6.07, 6.45) is 35.8. The molecule has 16 aromatic rings. The molecule has 0 radical (unpaired) electrons. The van der Waals surface area contributed by atoms with E-state index in [1.165, 1.54) is 0 Å².